The van der Waals surface area contributed by atoms with Crippen LogP contribution in [0.25, 0.3) is 0 Å². The Labute approximate surface area is 238 Å². The predicted octanol–water partition coefficient (Wildman–Crippen LogP) is 4.22. The van der Waals surface area contributed by atoms with E-state index in [2.05, 4.69) is 4.90 Å². The third-order valence-corrected chi connectivity index (χ3v) is 7.95. The number of morpholine rings is 1. The smallest absolute Gasteiger partial charge is 0.254 e. The number of halogens is 1. The number of hydrogen-bond acceptors (Lipinski definition) is 7. The maximum absolute atomic E-state index is 13.9. The van der Waals surface area contributed by atoms with E-state index in [0.717, 1.165) is 29.1 Å². The first-order valence-electron chi connectivity index (χ1n) is 13.2. The minimum atomic E-state index is -0.329. The zero-order valence-corrected chi connectivity index (χ0v) is 24.0. The molecule has 2 heterocycles. The third kappa shape index (κ3) is 8.03. The van der Waals surface area contributed by atoms with Gasteiger partial charge in [0.2, 0.25) is 5.91 Å². The molecule has 2 aromatic carbocycles. The minimum Gasteiger partial charge on any atom is -0.497 e. The normalized spacial score (nSPS) is 13.6. The molecule has 0 saturated carbocycles. The molecule has 214 valence electrons. The monoisotopic (exact) mass is 569 g/mol. The Balaban J connectivity index is 1.58. The molecule has 0 unspecified atom stereocenters. The Morgan fingerprint density at radius 1 is 0.975 bits per heavy atom. The Morgan fingerprint density at radius 2 is 1.65 bits per heavy atom. The molecule has 0 spiro atoms. The van der Waals surface area contributed by atoms with Crippen molar-refractivity contribution in [3.05, 3.63) is 81.3 Å². The van der Waals surface area contributed by atoms with E-state index < -0.39 is 0 Å². The average molecular weight is 570 g/mol. The Kier molecular flexibility index (Phi) is 10.5. The number of carbonyl (C=O) groups is 2. The molecule has 0 bridgehead atoms. The number of nitrogens with zero attached hydrogens (tertiary/aromatic N) is 3. The summed E-state index contributed by atoms with van der Waals surface area (Å²) in [6.07, 6.45) is 0. The van der Waals surface area contributed by atoms with E-state index in [9.17, 15) is 14.0 Å². The molecule has 4 rings (SSSR count). The topological polar surface area (TPSA) is 71.5 Å². The van der Waals surface area contributed by atoms with Gasteiger partial charge in [0, 0.05) is 49.2 Å². The highest BCUT2D eigenvalue weighted by molar-refractivity contribution is 7.10. The van der Waals surface area contributed by atoms with Crippen molar-refractivity contribution in [3.8, 4) is 11.5 Å². The van der Waals surface area contributed by atoms with Crippen molar-refractivity contribution in [3.63, 3.8) is 0 Å². The first kappa shape index (κ1) is 29.5. The summed E-state index contributed by atoms with van der Waals surface area (Å²) in [5.74, 6) is 0.181. The number of ether oxygens (including phenoxy) is 3. The highest BCUT2D eigenvalue weighted by atomic mass is 32.1. The molecule has 1 saturated heterocycles. The van der Waals surface area contributed by atoms with Gasteiger partial charge in [-0.3, -0.25) is 14.5 Å². The van der Waals surface area contributed by atoms with Crippen molar-refractivity contribution in [2.75, 3.05) is 60.2 Å². The fourth-order valence-corrected chi connectivity index (χ4v) is 5.42. The molecule has 10 heteroatoms. The van der Waals surface area contributed by atoms with Crippen LogP contribution in [0.1, 0.15) is 26.4 Å². The quantitative estimate of drug-likeness (QED) is 0.326. The van der Waals surface area contributed by atoms with Gasteiger partial charge in [0.1, 0.15) is 23.9 Å². The van der Waals surface area contributed by atoms with Gasteiger partial charge in [-0.2, -0.15) is 0 Å². The summed E-state index contributed by atoms with van der Waals surface area (Å²) in [5.41, 5.74) is 2.29. The lowest BCUT2D eigenvalue weighted by Crippen LogP contribution is -2.47. The van der Waals surface area contributed by atoms with Crippen LogP contribution < -0.4 is 9.47 Å². The molecule has 0 radical (unpaired) electrons. The molecule has 1 aliphatic rings. The van der Waals surface area contributed by atoms with E-state index in [-0.39, 0.29) is 24.2 Å². The Morgan fingerprint density at radius 3 is 2.25 bits per heavy atom. The fraction of sp³-hybridized carbons (Fsp3) is 0.400. The molecule has 0 atom stereocenters. The van der Waals surface area contributed by atoms with Gasteiger partial charge in [-0.05, 0) is 53.8 Å². The highest BCUT2D eigenvalue weighted by Gasteiger charge is 2.25. The van der Waals surface area contributed by atoms with Gasteiger partial charge in [-0.15, -0.1) is 11.3 Å². The van der Waals surface area contributed by atoms with Crippen LogP contribution in [0.2, 0.25) is 0 Å². The zero-order valence-electron chi connectivity index (χ0n) is 23.2. The number of hydrogen-bond donors (Lipinski definition) is 0. The summed E-state index contributed by atoms with van der Waals surface area (Å²) in [7, 11) is 3.06. The van der Waals surface area contributed by atoms with Gasteiger partial charge in [0.15, 0.2) is 0 Å². The first-order valence-corrected chi connectivity index (χ1v) is 14.1. The second-order valence-corrected chi connectivity index (χ2v) is 10.7. The van der Waals surface area contributed by atoms with Crippen LogP contribution in [0.15, 0.2) is 53.9 Å². The molecular formula is C30H36FN3O5S. The largest absolute Gasteiger partial charge is 0.497 e. The first-order chi connectivity index (χ1) is 19.4. The van der Waals surface area contributed by atoms with E-state index in [1.165, 1.54) is 26.4 Å². The number of methoxy groups -OCH3 is 2. The maximum Gasteiger partial charge on any atom is 0.254 e. The van der Waals surface area contributed by atoms with Crippen LogP contribution >= 0.6 is 11.3 Å². The molecule has 1 aliphatic heterocycles. The summed E-state index contributed by atoms with van der Waals surface area (Å²) in [6.45, 7) is 6.44. The predicted molar refractivity (Wildman–Crippen MR) is 152 cm³/mol. The molecule has 0 N–H and O–H groups in total. The van der Waals surface area contributed by atoms with Crippen molar-refractivity contribution in [1.29, 1.82) is 0 Å². The minimum absolute atomic E-state index is 0.103. The molecule has 40 heavy (non-hydrogen) atoms. The highest BCUT2D eigenvalue weighted by Crippen LogP contribution is 2.24. The number of aryl methyl sites for hydroxylation is 1. The number of rotatable bonds is 12. The van der Waals surface area contributed by atoms with Crippen LogP contribution in [0, 0.1) is 12.7 Å². The zero-order chi connectivity index (χ0) is 28.5. The van der Waals surface area contributed by atoms with Crippen LogP contribution in [-0.4, -0.2) is 86.7 Å². The van der Waals surface area contributed by atoms with Crippen LogP contribution in [0.4, 0.5) is 4.39 Å². The van der Waals surface area contributed by atoms with Crippen molar-refractivity contribution < 1.29 is 28.2 Å². The summed E-state index contributed by atoms with van der Waals surface area (Å²) in [5, 5.41) is 2.00. The van der Waals surface area contributed by atoms with Gasteiger partial charge < -0.3 is 24.0 Å². The number of benzene rings is 2. The number of amides is 2. The molecular weight excluding hydrogens is 533 g/mol. The van der Waals surface area contributed by atoms with Crippen molar-refractivity contribution in [1.82, 2.24) is 14.7 Å². The van der Waals surface area contributed by atoms with Crippen molar-refractivity contribution in [2.45, 2.75) is 20.0 Å². The average Bonchev–Trinajstić information content (AvgIpc) is 3.39. The van der Waals surface area contributed by atoms with Gasteiger partial charge in [-0.1, -0.05) is 12.1 Å². The number of carbonyl (C=O) groups excluding carboxylic acids is 2. The Bertz CT molecular complexity index is 1250. The van der Waals surface area contributed by atoms with Crippen molar-refractivity contribution in [2.24, 2.45) is 0 Å². The second kappa shape index (κ2) is 14.2. The fourth-order valence-electron chi connectivity index (χ4n) is 4.50. The van der Waals surface area contributed by atoms with E-state index in [1.54, 1.807) is 51.5 Å². The Hall–Kier alpha value is -3.47. The van der Waals surface area contributed by atoms with E-state index in [1.807, 2.05) is 18.4 Å². The third-order valence-electron chi connectivity index (χ3n) is 6.94. The van der Waals surface area contributed by atoms with Gasteiger partial charge >= 0.3 is 0 Å². The summed E-state index contributed by atoms with van der Waals surface area (Å²) in [6, 6.07) is 13.2. The molecule has 1 aromatic heterocycles. The van der Waals surface area contributed by atoms with E-state index >= 15 is 0 Å². The lowest BCUT2D eigenvalue weighted by atomic mass is 10.1. The lowest BCUT2D eigenvalue weighted by molar-refractivity contribution is -0.133. The molecule has 2 amide bonds. The molecule has 3 aromatic rings. The SMILES string of the molecule is COc1cc(OC)cc(C(=O)N(CCN2CCOCC2)CC(=O)N(Cc2ccc(F)cc2)Cc2sccc2C)c1. The maximum atomic E-state index is 13.9. The molecule has 1 fully saturated rings. The van der Waals surface area contributed by atoms with Crippen molar-refractivity contribution >= 4 is 23.2 Å². The molecule has 8 nitrogen and oxygen atoms in total. The number of thiophene rings is 1. The summed E-state index contributed by atoms with van der Waals surface area (Å²) < 4.78 is 29.8. The summed E-state index contributed by atoms with van der Waals surface area (Å²) >= 11 is 1.59. The lowest BCUT2D eigenvalue weighted by Gasteiger charge is -2.31. The standard InChI is InChI=1S/C30H36FN3O5S/c1-22-8-15-40-28(22)20-34(19-23-4-6-25(31)7-5-23)29(35)21-33(10-9-32-11-13-39-14-12-32)30(36)24-16-26(37-2)18-27(17-24)38-3/h4-8,15-18H,9-14,19-21H2,1-3H3. The van der Waals surface area contributed by atoms with E-state index in [4.69, 9.17) is 14.2 Å². The van der Waals surface area contributed by atoms with E-state index in [0.29, 0.717) is 56.5 Å². The summed E-state index contributed by atoms with van der Waals surface area (Å²) in [4.78, 5) is 34.3. The van der Waals surface area contributed by atoms with Crippen LogP contribution in [0.5, 0.6) is 11.5 Å². The second-order valence-electron chi connectivity index (χ2n) is 9.69. The van der Waals surface area contributed by atoms with Gasteiger partial charge in [0.05, 0.1) is 34.0 Å². The van der Waals surface area contributed by atoms with Crippen LogP contribution in [0.3, 0.4) is 0 Å². The molecule has 0 aliphatic carbocycles. The van der Waals surface area contributed by atoms with Gasteiger partial charge in [0.25, 0.3) is 5.91 Å². The van der Waals surface area contributed by atoms with Gasteiger partial charge in [-0.25, -0.2) is 4.39 Å². The van der Waals surface area contributed by atoms with Crippen LogP contribution in [-0.2, 0) is 22.6 Å².